The van der Waals surface area contributed by atoms with Crippen molar-refractivity contribution in [1.82, 2.24) is 9.88 Å². The van der Waals surface area contributed by atoms with Gasteiger partial charge in [-0.15, -0.1) is 30.9 Å². The molecule has 2 aromatic rings. The van der Waals surface area contributed by atoms with Crippen LogP contribution in [-0.2, 0) is 4.79 Å². The molecule has 1 atom stereocenters. The highest BCUT2D eigenvalue weighted by Crippen LogP contribution is 2.45. The van der Waals surface area contributed by atoms with E-state index in [-0.39, 0.29) is 28.6 Å². The van der Waals surface area contributed by atoms with Crippen molar-refractivity contribution in [2.24, 2.45) is 0 Å². The number of carbonyl (C=O) groups is 2. The van der Waals surface area contributed by atoms with E-state index in [1.807, 2.05) is 0 Å². The third-order valence-electron chi connectivity index (χ3n) is 5.69. The van der Waals surface area contributed by atoms with Gasteiger partial charge in [0, 0.05) is 35.5 Å². The lowest BCUT2D eigenvalue weighted by Gasteiger charge is -2.37. The van der Waals surface area contributed by atoms with Crippen molar-refractivity contribution < 1.29 is 45.4 Å². The summed E-state index contributed by atoms with van der Waals surface area (Å²) in [6, 6.07) is 2.89. The average Bonchev–Trinajstić information content (AvgIpc) is 3.29. The molecule has 200 valence electrons. The van der Waals surface area contributed by atoms with Gasteiger partial charge in [-0.05, 0) is 26.7 Å². The molecule has 1 aromatic heterocycles. The van der Waals surface area contributed by atoms with E-state index in [0.717, 1.165) is 41.5 Å². The Kier molecular flexibility index (Phi) is 7.17. The van der Waals surface area contributed by atoms with Gasteiger partial charge in [0.1, 0.15) is 29.3 Å². The number of halogens is 6. The second-order valence-corrected chi connectivity index (χ2v) is 9.86. The zero-order valence-electron chi connectivity index (χ0n) is 20.0. The maximum atomic E-state index is 13.7. The topological polar surface area (TPSA) is 72.0 Å². The Labute approximate surface area is 212 Å². The summed E-state index contributed by atoms with van der Waals surface area (Å²) in [6.45, 7) is 2.44. The van der Waals surface area contributed by atoms with E-state index in [2.05, 4.69) is 15.6 Å². The van der Waals surface area contributed by atoms with E-state index >= 15 is 0 Å². The Morgan fingerprint density at radius 3 is 2.32 bits per heavy atom. The zero-order valence-corrected chi connectivity index (χ0v) is 20.8. The SMILES string of the molecule is C#Cc1nc(C(=O)N(c2cc(OC)cc(OC(F)(F)F)c2)C2(C)CC(C)(C)N(CC(F)(F)F)C2=O)cs1. The highest BCUT2D eigenvalue weighted by atomic mass is 32.1. The Hall–Kier alpha value is -3.47. The van der Waals surface area contributed by atoms with Crippen LogP contribution in [0.25, 0.3) is 0 Å². The number of rotatable bonds is 6. The molecule has 14 heteroatoms. The summed E-state index contributed by atoms with van der Waals surface area (Å²) in [6.07, 6.45) is -4.82. The number of methoxy groups -OCH3 is 1. The van der Waals surface area contributed by atoms with Crippen LogP contribution in [0.4, 0.5) is 32.0 Å². The first-order chi connectivity index (χ1) is 16.9. The van der Waals surface area contributed by atoms with Gasteiger partial charge in [-0.3, -0.25) is 14.5 Å². The lowest BCUT2D eigenvalue weighted by atomic mass is 9.88. The number of likely N-dealkylation sites (tertiary alicyclic amines) is 1. The number of aromatic nitrogens is 1. The summed E-state index contributed by atoms with van der Waals surface area (Å²) in [5, 5.41) is 1.39. The number of nitrogens with zero attached hydrogens (tertiary/aromatic N) is 3. The first kappa shape index (κ1) is 28.1. The van der Waals surface area contributed by atoms with Crippen LogP contribution >= 0.6 is 11.3 Å². The molecule has 0 aliphatic carbocycles. The van der Waals surface area contributed by atoms with Crippen LogP contribution in [0, 0.1) is 12.3 Å². The molecule has 0 bridgehead atoms. The number of hydrogen-bond acceptors (Lipinski definition) is 6. The molecule has 37 heavy (non-hydrogen) atoms. The normalized spacial score (nSPS) is 19.5. The molecule has 0 N–H and O–H groups in total. The minimum atomic E-state index is -5.10. The monoisotopic (exact) mass is 549 g/mol. The summed E-state index contributed by atoms with van der Waals surface area (Å²) in [7, 11) is 1.15. The van der Waals surface area contributed by atoms with Crippen LogP contribution < -0.4 is 14.4 Å². The van der Waals surface area contributed by atoms with Gasteiger partial charge in [0.2, 0.25) is 5.91 Å². The number of terminal acetylenes is 1. The minimum Gasteiger partial charge on any atom is -0.497 e. The van der Waals surface area contributed by atoms with Crippen LogP contribution in [0.3, 0.4) is 0 Å². The Morgan fingerprint density at radius 1 is 1.19 bits per heavy atom. The van der Waals surface area contributed by atoms with Gasteiger partial charge in [-0.1, -0.05) is 0 Å². The fourth-order valence-electron chi connectivity index (χ4n) is 4.39. The van der Waals surface area contributed by atoms with E-state index < -0.39 is 47.7 Å². The molecular weight excluding hydrogens is 528 g/mol. The smallest absolute Gasteiger partial charge is 0.497 e. The van der Waals surface area contributed by atoms with Crippen molar-refractivity contribution in [3.8, 4) is 23.8 Å². The van der Waals surface area contributed by atoms with Gasteiger partial charge in [0.25, 0.3) is 5.91 Å². The fraction of sp³-hybridized carbons (Fsp3) is 0.435. The molecular formula is C23H21F6N3O4S. The standard InChI is InChI=1S/C23H21F6N3O4S/c1-6-17-30-16(10-37-17)18(33)32(13-7-14(35-5)9-15(8-13)36-23(27,28)29)21(4)11-20(2,3)31(19(21)34)12-22(24,25)26/h1,7-10H,11-12H2,2-5H3. The number of benzene rings is 1. The number of ether oxygens (including phenoxy) is 2. The molecule has 1 saturated heterocycles. The predicted molar refractivity (Wildman–Crippen MR) is 121 cm³/mol. The average molecular weight is 549 g/mol. The molecule has 1 unspecified atom stereocenters. The minimum absolute atomic E-state index is 0.108. The van der Waals surface area contributed by atoms with Crippen molar-refractivity contribution in [3.63, 3.8) is 0 Å². The quantitative estimate of drug-likeness (QED) is 0.374. The summed E-state index contributed by atoms with van der Waals surface area (Å²) >= 11 is 0.923. The second kappa shape index (κ2) is 9.44. The molecule has 2 heterocycles. The molecule has 0 spiro atoms. The largest absolute Gasteiger partial charge is 0.573 e. The van der Waals surface area contributed by atoms with Crippen molar-refractivity contribution in [2.45, 2.75) is 50.8 Å². The van der Waals surface area contributed by atoms with Gasteiger partial charge >= 0.3 is 12.5 Å². The number of thiazole rings is 1. The first-order valence-electron chi connectivity index (χ1n) is 10.5. The summed E-state index contributed by atoms with van der Waals surface area (Å²) in [4.78, 5) is 32.6. The predicted octanol–water partition coefficient (Wildman–Crippen LogP) is 5.01. The van der Waals surface area contributed by atoms with Crippen molar-refractivity contribution in [2.75, 3.05) is 18.6 Å². The highest BCUT2D eigenvalue weighted by Gasteiger charge is 2.59. The van der Waals surface area contributed by atoms with Crippen LogP contribution in [0.1, 0.15) is 42.7 Å². The Bertz CT molecular complexity index is 1250. The molecule has 2 amide bonds. The fourth-order valence-corrected chi connectivity index (χ4v) is 4.99. The Balaban J connectivity index is 2.23. The highest BCUT2D eigenvalue weighted by molar-refractivity contribution is 7.10. The second-order valence-electron chi connectivity index (χ2n) is 9.01. The summed E-state index contributed by atoms with van der Waals surface area (Å²) in [5.74, 6) is -0.732. The number of hydrogen-bond donors (Lipinski definition) is 0. The maximum absolute atomic E-state index is 13.7. The van der Waals surface area contributed by atoms with Gasteiger partial charge in [0.15, 0.2) is 5.01 Å². The van der Waals surface area contributed by atoms with Crippen LogP contribution in [-0.4, -0.2) is 59.0 Å². The number of carbonyl (C=O) groups excluding carboxylic acids is 2. The van der Waals surface area contributed by atoms with E-state index in [1.165, 1.54) is 26.2 Å². The number of amides is 2. The van der Waals surface area contributed by atoms with E-state index in [4.69, 9.17) is 11.2 Å². The van der Waals surface area contributed by atoms with Crippen LogP contribution in [0.15, 0.2) is 23.6 Å². The van der Waals surface area contributed by atoms with Gasteiger partial charge in [-0.2, -0.15) is 13.2 Å². The maximum Gasteiger partial charge on any atom is 0.573 e. The van der Waals surface area contributed by atoms with E-state index in [0.29, 0.717) is 4.90 Å². The lowest BCUT2D eigenvalue weighted by molar-refractivity contribution is -0.274. The van der Waals surface area contributed by atoms with E-state index in [9.17, 15) is 35.9 Å². The molecule has 1 aliphatic heterocycles. The van der Waals surface area contributed by atoms with Gasteiger partial charge < -0.3 is 14.4 Å². The van der Waals surface area contributed by atoms with Crippen molar-refractivity contribution in [3.05, 3.63) is 34.3 Å². The third kappa shape index (κ3) is 5.93. The molecule has 3 rings (SSSR count). The first-order valence-corrected chi connectivity index (χ1v) is 11.4. The Morgan fingerprint density at radius 2 is 1.81 bits per heavy atom. The number of alkyl halides is 6. The molecule has 0 saturated carbocycles. The molecule has 7 nitrogen and oxygen atoms in total. The molecule has 1 fully saturated rings. The molecule has 1 aliphatic rings. The summed E-state index contributed by atoms with van der Waals surface area (Å²) in [5.41, 5.74) is -3.89. The number of anilines is 1. The van der Waals surface area contributed by atoms with Crippen LogP contribution in [0.2, 0.25) is 0 Å². The van der Waals surface area contributed by atoms with Crippen molar-refractivity contribution in [1.29, 1.82) is 0 Å². The third-order valence-corrected chi connectivity index (χ3v) is 6.46. The van der Waals surface area contributed by atoms with E-state index in [1.54, 1.807) is 0 Å². The van der Waals surface area contributed by atoms with Crippen LogP contribution in [0.5, 0.6) is 11.5 Å². The lowest BCUT2D eigenvalue weighted by Crippen LogP contribution is -2.56. The van der Waals surface area contributed by atoms with Gasteiger partial charge in [-0.25, -0.2) is 4.98 Å². The van der Waals surface area contributed by atoms with Gasteiger partial charge in [0.05, 0.1) is 12.8 Å². The van der Waals surface area contributed by atoms with Crippen molar-refractivity contribution >= 4 is 28.8 Å². The molecule has 1 aromatic carbocycles. The summed E-state index contributed by atoms with van der Waals surface area (Å²) < 4.78 is 88.0. The zero-order chi connectivity index (χ0) is 28.0. The molecule has 0 radical (unpaired) electrons.